The van der Waals surface area contributed by atoms with Crippen LogP contribution < -0.4 is 11.1 Å². The number of nitrogens with one attached hydrogen (secondary N) is 1. The zero-order chi connectivity index (χ0) is 12.8. The molecule has 1 aromatic rings. The topological polar surface area (TPSA) is 77.2 Å². The first-order chi connectivity index (χ1) is 8.06. The van der Waals surface area contributed by atoms with Gasteiger partial charge < -0.3 is 15.8 Å². The van der Waals surface area contributed by atoms with Gasteiger partial charge in [0.2, 0.25) is 0 Å². The van der Waals surface area contributed by atoms with E-state index in [1.807, 2.05) is 0 Å². The molecule has 0 fully saturated rings. The van der Waals surface area contributed by atoms with Crippen molar-refractivity contribution in [3.8, 4) is 0 Å². The molecule has 1 heterocycles. The van der Waals surface area contributed by atoms with Crippen LogP contribution in [0.4, 0.5) is 5.82 Å². The van der Waals surface area contributed by atoms with Crippen molar-refractivity contribution in [1.29, 1.82) is 0 Å². The predicted molar refractivity (Wildman–Crippen MR) is 66.9 cm³/mol. The highest BCUT2D eigenvalue weighted by Crippen LogP contribution is 2.15. The second kappa shape index (κ2) is 6.20. The van der Waals surface area contributed by atoms with Crippen LogP contribution in [0.2, 0.25) is 0 Å². The van der Waals surface area contributed by atoms with Crippen molar-refractivity contribution in [3.63, 3.8) is 0 Å². The van der Waals surface area contributed by atoms with Crippen LogP contribution in [-0.2, 0) is 4.74 Å². The first-order valence-electron chi connectivity index (χ1n) is 5.56. The fraction of sp³-hybridized carbons (Fsp3) is 0.500. The van der Waals surface area contributed by atoms with E-state index in [9.17, 15) is 4.79 Å². The molecule has 0 aromatic carbocycles. The number of hydrogen-bond donors (Lipinski definition) is 2. The number of nitrogens with two attached hydrogens (primary N) is 1. The normalized spacial score (nSPS) is 12.5. The summed E-state index contributed by atoms with van der Waals surface area (Å²) in [6.07, 6.45) is 1.62. The number of amides is 1. The molecular weight excluding hydrogens is 218 g/mol. The lowest BCUT2D eigenvalue weighted by molar-refractivity contribution is 0.100. The number of hydrogen-bond acceptors (Lipinski definition) is 4. The van der Waals surface area contributed by atoms with Gasteiger partial charge in [-0.2, -0.15) is 0 Å². The quantitative estimate of drug-likeness (QED) is 0.781. The number of anilines is 1. The Kier molecular flexibility index (Phi) is 4.90. The maximum Gasteiger partial charge on any atom is 0.252 e. The number of ether oxygens (including phenoxy) is 1. The monoisotopic (exact) mass is 237 g/mol. The van der Waals surface area contributed by atoms with Crippen molar-refractivity contribution in [3.05, 3.63) is 23.9 Å². The van der Waals surface area contributed by atoms with Gasteiger partial charge in [0.25, 0.3) is 5.91 Å². The molecule has 0 aliphatic rings. The Bertz CT molecular complexity index is 380. The Morgan fingerprint density at radius 3 is 2.82 bits per heavy atom. The second-order valence-corrected chi connectivity index (χ2v) is 4.21. The molecule has 5 nitrogen and oxygen atoms in total. The van der Waals surface area contributed by atoms with Gasteiger partial charge in [-0.1, -0.05) is 13.8 Å². The van der Waals surface area contributed by atoms with Crippen molar-refractivity contribution >= 4 is 11.7 Å². The summed E-state index contributed by atoms with van der Waals surface area (Å²) in [6.45, 7) is 4.69. The smallest absolute Gasteiger partial charge is 0.252 e. The Hall–Kier alpha value is -1.62. The molecule has 0 aliphatic heterocycles. The van der Waals surface area contributed by atoms with Gasteiger partial charge in [0.1, 0.15) is 5.82 Å². The predicted octanol–water partition coefficient (Wildman–Crippen LogP) is 1.26. The average Bonchev–Trinajstić information content (AvgIpc) is 2.28. The summed E-state index contributed by atoms with van der Waals surface area (Å²) in [5, 5.41) is 3.19. The summed E-state index contributed by atoms with van der Waals surface area (Å²) in [7, 11) is 1.64. The summed E-state index contributed by atoms with van der Waals surface area (Å²) < 4.78 is 5.13. The Morgan fingerprint density at radius 2 is 2.29 bits per heavy atom. The van der Waals surface area contributed by atoms with E-state index in [0.29, 0.717) is 23.9 Å². The van der Waals surface area contributed by atoms with E-state index in [0.717, 1.165) is 0 Å². The fourth-order valence-electron chi connectivity index (χ4n) is 1.48. The average molecular weight is 237 g/mol. The number of nitrogens with zero attached hydrogens (tertiary/aromatic N) is 1. The van der Waals surface area contributed by atoms with Gasteiger partial charge in [-0.3, -0.25) is 4.79 Å². The molecule has 0 radical (unpaired) electrons. The third-order valence-corrected chi connectivity index (χ3v) is 2.55. The molecule has 5 heteroatoms. The zero-order valence-corrected chi connectivity index (χ0v) is 10.4. The first-order valence-corrected chi connectivity index (χ1v) is 5.56. The van der Waals surface area contributed by atoms with Crippen LogP contribution in [0.25, 0.3) is 0 Å². The summed E-state index contributed by atoms with van der Waals surface area (Å²) >= 11 is 0. The van der Waals surface area contributed by atoms with E-state index in [1.54, 1.807) is 25.4 Å². The summed E-state index contributed by atoms with van der Waals surface area (Å²) in [5.41, 5.74) is 5.69. The molecule has 1 rings (SSSR count). The maximum absolute atomic E-state index is 11.2. The molecule has 0 saturated heterocycles. The van der Waals surface area contributed by atoms with E-state index in [2.05, 4.69) is 24.1 Å². The SMILES string of the molecule is COCC(Nc1ncccc1C(N)=O)C(C)C. The van der Waals surface area contributed by atoms with Gasteiger partial charge >= 0.3 is 0 Å². The lowest BCUT2D eigenvalue weighted by Crippen LogP contribution is -2.32. The number of aromatic nitrogens is 1. The first kappa shape index (κ1) is 13.4. The van der Waals surface area contributed by atoms with Crippen molar-refractivity contribution in [2.75, 3.05) is 19.0 Å². The van der Waals surface area contributed by atoms with Crippen molar-refractivity contribution in [2.24, 2.45) is 11.7 Å². The lowest BCUT2D eigenvalue weighted by atomic mass is 10.1. The minimum absolute atomic E-state index is 0.0907. The molecule has 3 N–H and O–H groups in total. The maximum atomic E-state index is 11.2. The van der Waals surface area contributed by atoms with Gasteiger partial charge in [0, 0.05) is 13.3 Å². The number of carbonyl (C=O) groups is 1. The zero-order valence-electron chi connectivity index (χ0n) is 10.4. The molecule has 1 atom stereocenters. The van der Waals surface area contributed by atoms with Crippen LogP contribution >= 0.6 is 0 Å². The van der Waals surface area contributed by atoms with Crippen LogP contribution in [0.5, 0.6) is 0 Å². The van der Waals surface area contributed by atoms with Crippen LogP contribution in [0, 0.1) is 5.92 Å². The van der Waals surface area contributed by atoms with E-state index in [1.165, 1.54) is 0 Å². The minimum Gasteiger partial charge on any atom is -0.383 e. The molecule has 0 bridgehead atoms. The molecule has 94 valence electrons. The lowest BCUT2D eigenvalue weighted by Gasteiger charge is -2.22. The highest BCUT2D eigenvalue weighted by atomic mass is 16.5. The molecule has 0 spiro atoms. The molecule has 1 unspecified atom stereocenters. The third-order valence-electron chi connectivity index (χ3n) is 2.55. The molecule has 0 saturated carbocycles. The van der Waals surface area contributed by atoms with Gasteiger partial charge in [-0.15, -0.1) is 0 Å². The van der Waals surface area contributed by atoms with Crippen molar-refractivity contribution in [2.45, 2.75) is 19.9 Å². The van der Waals surface area contributed by atoms with Crippen LogP contribution in [-0.4, -0.2) is 30.6 Å². The number of pyridine rings is 1. The molecule has 1 amide bonds. The minimum atomic E-state index is -0.486. The molecule has 1 aromatic heterocycles. The van der Waals surface area contributed by atoms with Gasteiger partial charge in [0.05, 0.1) is 18.2 Å². The van der Waals surface area contributed by atoms with Crippen LogP contribution in [0.3, 0.4) is 0 Å². The van der Waals surface area contributed by atoms with Gasteiger partial charge in [-0.05, 0) is 18.1 Å². The Morgan fingerprint density at radius 1 is 1.59 bits per heavy atom. The summed E-state index contributed by atoms with van der Waals surface area (Å²) in [4.78, 5) is 15.4. The number of rotatable bonds is 6. The molecule has 17 heavy (non-hydrogen) atoms. The molecular formula is C12H19N3O2. The molecule has 0 aliphatic carbocycles. The number of methoxy groups -OCH3 is 1. The second-order valence-electron chi connectivity index (χ2n) is 4.21. The van der Waals surface area contributed by atoms with E-state index in [-0.39, 0.29) is 6.04 Å². The number of primary amides is 1. The van der Waals surface area contributed by atoms with Crippen molar-refractivity contribution in [1.82, 2.24) is 4.98 Å². The summed E-state index contributed by atoms with van der Waals surface area (Å²) in [5.74, 6) is 0.383. The van der Waals surface area contributed by atoms with Gasteiger partial charge in [-0.25, -0.2) is 4.98 Å². The largest absolute Gasteiger partial charge is 0.383 e. The fourth-order valence-corrected chi connectivity index (χ4v) is 1.48. The highest BCUT2D eigenvalue weighted by Gasteiger charge is 2.16. The highest BCUT2D eigenvalue weighted by molar-refractivity contribution is 5.97. The van der Waals surface area contributed by atoms with E-state index < -0.39 is 5.91 Å². The van der Waals surface area contributed by atoms with Gasteiger partial charge in [0.15, 0.2) is 0 Å². The third kappa shape index (κ3) is 3.71. The standard InChI is InChI=1S/C12H19N3O2/c1-8(2)10(7-17-3)15-12-9(11(13)16)5-4-6-14-12/h4-6,8,10H,7H2,1-3H3,(H2,13,16)(H,14,15). The van der Waals surface area contributed by atoms with Crippen molar-refractivity contribution < 1.29 is 9.53 Å². The van der Waals surface area contributed by atoms with Crippen LogP contribution in [0.15, 0.2) is 18.3 Å². The van der Waals surface area contributed by atoms with E-state index in [4.69, 9.17) is 10.5 Å². The van der Waals surface area contributed by atoms with E-state index >= 15 is 0 Å². The Labute approximate surface area is 101 Å². The number of carbonyl (C=O) groups excluding carboxylic acids is 1. The van der Waals surface area contributed by atoms with Crippen LogP contribution in [0.1, 0.15) is 24.2 Å². The summed E-state index contributed by atoms with van der Waals surface area (Å²) in [6, 6.07) is 3.43. The Balaban J connectivity index is 2.88.